The zero-order valence-corrected chi connectivity index (χ0v) is 16.1. The minimum atomic E-state index is 1.31. The largest absolute Gasteiger partial charge is 0.0616 e. The molecule has 0 heterocycles. The molecule has 0 heteroatoms. The third-order valence-corrected chi connectivity index (χ3v) is 6.24. The van der Waals surface area contributed by atoms with Crippen LogP contribution in [-0.2, 0) is 0 Å². The highest BCUT2D eigenvalue weighted by molar-refractivity contribution is 6.32. The first kappa shape index (κ1) is 15.7. The molecule has 0 unspecified atom stereocenters. The second-order valence-corrected chi connectivity index (χ2v) is 7.90. The highest BCUT2D eigenvalue weighted by Crippen LogP contribution is 2.41. The first-order valence-electron chi connectivity index (χ1n) is 9.88. The summed E-state index contributed by atoms with van der Waals surface area (Å²) in [5, 5.41) is 13.5. The van der Waals surface area contributed by atoms with E-state index in [1.54, 1.807) is 0 Å². The molecule has 6 aromatic rings. The van der Waals surface area contributed by atoms with Gasteiger partial charge in [-0.15, -0.1) is 0 Å². The van der Waals surface area contributed by atoms with Crippen molar-refractivity contribution in [3.8, 4) is 0 Å². The molecule has 0 nitrogen and oxygen atoms in total. The van der Waals surface area contributed by atoms with Gasteiger partial charge >= 0.3 is 0 Å². The Morgan fingerprint density at radius 1 is 0.393 bits per heavy atom. The van der Waals surface area contributed by atoms with Crippen LogP contribution >= 0.6 is 0 Å². The van der Waals surface area contributed by atoms with Gasteiger partial charge in [-0.1, -0.05) is 84.9 Å². The van der Waals surface area contributed by atoms with E-state index in [4.69, 9.17) is 0 Å². The minimum absolute atomic E-state index is 1.31. The van der Waals surface area contributed by atoms with Crippen LogP contribution in [0.1, 0.15) is 11.1 Å². The maximum absolute atomic E-state index is 2.32. The molecule has 0 bridgehead atoms. The van der Waals surface area contributed by atoms with Crippen LogP contribution < -0.4 is 0 Å². The maximum atomic E-state index is 2.32. The summed E-state index contributed by atoms with van der Waals surface area (Å²) in [5.41, 5.74) is 2.68. The standard InChI is InChI=1S/C28H20/c1-17-15-20-7-3-5-9-24(20)27-22(17)13-11-19-12-14-23-18(2)16-21-8-4-6-10-25(21)28(23)26(19)27/h3-16H,1-2H3. The first-order chi connectivity index (χ1) is 13.7. The lowest BCUT2D eigenvalue weighted by atomic mass is 9.88. The van der Waals surface area contributed by atoms with Gasteiger partial charge in [-0.3, -0.25) is 0 Å². The van der Waals surface area contributed by atoms with Crippen LogP contribution in [0, 0.1) is 13.8 Å². The number of aryl methyl sites for hydroxylation is 2. The van der Waals surface area contributed by atoms with E-state index in [-0.39, 0.29) is 0 Å². The highest BCUT2D eigenvalue weighted by Gasteiger charge is 2.13. The number of hydrogen-bond acceptors (Lipinski definition) is 0. The van der Waals surface area contributed by atoms with E-state index in [1.165, 1.54) is 65.0 Å². The van der Waals surface area contributed by atoms with Crippen LogP contribution in [0.4, 0.5) is 0 Å². The van der Waals surface area contributed by atoms with Gasteiger partial charge in [0, 0.05) is 0 Å². The van der Waals surface area contributed by atoms with Crippen molar-refractivity contribution in [3.05, 3.63) is 96.1 Å². The van der Waals surface area contributed by atoms with Crippen LogP contribution in [0.5, 0.6) is 0 Å². The number of fused-ring (bicyclic) bond motifs is 9. The number of rotatable bonds is 0. The zero-order chi connectivity index (χ0) is 18.8. The summed E-state index contributed by atoms with van der Waals surface area (Å²) in [5.74, 6) is 0. The molecule has 0 amide bonds. The summed E-state index contributed by atoms with van der Waals surface area (Å²) in [4.78, 5) is 0. The Morgan fingerprint density at radius 3 is 1.36 bits per heavy atom. The van der Waals surface area contributed by atoms with E-state index < -0.39 is 0 Å². The molecule has 6 aromatic carbocycles. The van der Waals surface area contributed by atoms with E-state index in [9.17, 15) is 0 Å². The molecule has 0 spiro atoms. The summed E-state index contributed by atoms with van der Waals surface area (Å²) in [6.45, 7) is 4.46. The second kappa shape index (κ2) is 5.56. The van der Waals surface area contributed by atoms with Crippen molar-refractivity contribution in [3.63, 3.8) is 0 Å². The van der Waals surface area contributed by atoms with Gasteiger partial charge in [0.1, 0.15) is 0 Å². The smallest absolute Gasteiger partial charge is 0.00141 e. The van der Waals surface area contributed by atoms with E-state index in [1.807, 2.05) is 0 Å². The summed E-state index contributed by atoms with van der Waals surface area (Å²) < 4.78 is 0. The monoisotopic (exact) mass is 356 g/mol. The Kier molecular flexibility index (Phi) is 3.11. The van der Waals surface area contributed by atoms with Gasteiger partial charge in [-0.2, -0.15) is 0 Å². The lowest BCUT2D eigenvalue weighted by molar-refractivity contribution is 1.56. The van der Waals surface area contributed by atoms with Crippen LogP contribution in [0.2, 0.25) is 0 Å². The molecule has 0 N–H and O–H groups in total. The van der Waals surface area contributed by atoms with Crippen molar-refractivity contribution >= 4 is 53.9 Å². The third kappa shape index (κ3) is 2.00. The number of benzene rings is 6. The van der Waals surface area contributed by atoms with Crippen LogP contribution in [0.25, 0.3) is 53.9 Å². The molecule has 28 heavy (non-hydrogen) atoms. The van der Waals surface area contributed by atoms with Crippen molar-refractivity contribution in [2.45, 2.75) is 13.8 Å². The second-order valence-electron chi connectivity index (χ2n) is 7.90. The fourth-order valence-corrected chi connectivity index (χ4v) is 4.96. The zero-order valence-electron chi connectivity index (χ0n) is 16.1. The normalized spacial score (nSPS) is 11.9. The maximum Gasteiger partial charge on any atom is -0.00141 e. The van der Waals surface area contributed by atoms with E-state index >= 15 is 0 Å². The Morgan fingerprint density at radius 2 is 0.857 bits per heavy atom. The molecular weight excluding hydrogens is 336 g/mol. The van der Waals surface area contributed by atoms with Gasteiger partial charge in [0.25, 0.3) is 0 Å². The SMILES string of the molecule is Cc1cc2ccccc2c2c1ccc1ccc3c(C)cc4ccccc4c3c12. The lowest BCUT2D eigenvalue weighted by Crippen LogP contribution is -1.89. The van der Waals surface area contributed by atoms with Crippen molar-refractivity contribution in [2.75, 3.05) is 0 Å². The molecule has 6 rings (SSSR count). The van der Waals surface area contributed by atoms with Gasteiger partial charge in [-0.25, -0.2) is 0 Å². The quantitative estimate of drug-likeness (QED) is 0.241. The molecule has 0 aliphatic heterocycles. The lowest BCUT2D eigenvalue weighted by Gasteiger charge is -2.15. The third-order valence-electron chi connectivity index (χ3n) is 6.24. The summed E-state index contributed by atoms with van der Waals surface area (Å²) in [7, 11) is 0. The molecule has 0 aromatic heterocycles. The first-order valence-corrected chi connectivity index (χ1v) is 9.88. The molecule has 0 aliphatic rings. The summed E-state index contributed by atoms with van der Waals surface area (Å²) >= 11 is 0. The number of hydrogen-bond donors (Lipinski definition) is 0. The topological polar surface area (TPSA) is 0 Å². The molecule has 132 valence electrons. The summed E-state index contributed by atoms with van der Waals surface area (Å²) in [6.07, 6.45) is 0. The Balaban J connectivity index is 2.06. The highest BCUT2D eigenvalue weighted by atomic mass is 14.2. The van der Waals surface area contributed by atoms with E-state index in [2.05, 4.69) is 98.8 Å². The average Bonchev–Trinajstić information content (AvgIpc) is 2.73. The average molecular weight is 356 g/mol. The van der Waals surface area contributed by atoms with Gasteiger partial charge in [0.2, 0.25) is 0 Å². The fraction of sp³-hybridized carbons (Fsp3) is 0.0714. The summed E-state index contributed by atoms with van der Waals surface area (Å²) in [6, 6.07) is 31.4. The molecule has 0 saturated carbocycles. The van der Waals surface area contributed by atoms with E-state index in [0.717, 1.165) is 0 Å². The Bertz CT molecular complexity index is 1450. The van der Waals surface area contributed by atoms with Crippen LogP contribution in [0.15, 0.2) is 84.9 Å². The van der Waals surface area contributed by atoms with Crippen molar-refractivity contribution in [1.82, 2.24) is 0 Å². The molecule has 0 saturated heterocycles. The van der Waals surface area contributed by atoms with Crippen LogP contribution in [-0.4, -0.2) is 0 Å². The predicted octanol–water partition coefficient (Wildman–Crippen LogP) is 8.07. The molecular formula is C28H20. The van der Waals surface area contributed by atoms with Crippen molar-refractivity contribution in [2.24, 2.45) is 0 Å². The van der Waals surface area contributed by atoms with Gasteiger partial charge in [-0.05, 0) is 78.8 Å². The minimum Gasteiger partial charge on any atom is -0.0616 e. The van der Waals surface area contributed by atoms with Crippen molar-refractivity contribution < 1.29 is 0 Å². The van der Waals surface area contributed by atoms with Gasteiger partial charge in [0.15, 0.2) is 0 Å². The molecule has 0 atom stereocenters. The predicted molar refractivity (Wildman–Crippen MR) is 123 cm³/mol. The Hall–Kier alpha value is -3.38. The molecule has 0 fully saturated rings. The Labute approximate surface area is 164 Å². The van der Waals surface area contributed by atoms with Crippen LogP contribution in [0.3, 0.4) is 0 Å². The molecule has 0 aliphatic carbocycles. The fourth-order valence-electron chi connectivity index (χ4n) is 4.96. The molecule has 0 radical (unpaired) electrons. The van der Waals surface area contributed by atoms with E-state index in [0.29, 0.717) is 0 Å². The van der Waals surface area contributed by atoms with Crippen molar-refractivity contribution in [1.29, 1.82) is 0 Å². The van der Waals surface area contributed by atoms with Gasteiger partial charge < -0.3 is 0 Å². The van der Waals surface area contributed by atoms with Gasteiger partial charge in [0.05, 0.1) is 0 Å².